The van der Waals surface area contributed by atoms with Crippen molar-refractivity contribution in [2.45, 2.75) is 13.3 Å². The minimum absolute atomic E-state index is 0.220. The molecular formula is C15H15BrN4O3. The van der Waals surface area contributed by atoms with Crippen LogP contribution in [-0.2, 0) is 4.79 Å². The van der Waals surface area contributed by atoms with Crippen molar-refractivity contribution >= 4 is 27.8 Å². The number of nitrogens with zero attached hydrogens (tertiary/aromatic N) is 4. The van der Waals surface area contributed by atoms with Gasteiger partial charge in [0, 0.05) is 17.6 Å². The zero-order valence-corrected chi connectivity index (χ0v) is 14.0. The summed E-state index contributed by atoms with van der Waals surface area (Å²) >= 11 is 3.40. The van der Waals surface area contributed by atoms with Crippen LogP contribution in [0.25, 0.3) is 5.69 Å². The maximum atomic E-state index is 12.6. The van der Waals surface area contributed by atoms with Crippen LogP contribution in [0.4, 0.5) is 0 Å². The van der Waals surface area contributed by atoms with Gasteiger partial charge in [0.25, 0.3) is 5.91 Å². The number of carbonyl (C=O) groups is 2. The van der Waals surface area contributed by atoms with E-state index in [-0.39, 0.29) is 18.1 Å². The third-order valence-electron chi connectivity index (χ3n) is 3.97. The highest BCUT2D eigenvalue weighted by molar-refractivity contribution is 9.10. The summed E-state index contributed by atoms with van der Waals surface area (Å²) in [5, 5.41) is 17.1. The Morgan fingerprint density at radius 2 is 2.17 bits per heavy atom. The van der Waals surface area contributed by atoms with Gasteiger partial charge < -0.3 is 10.0 Å². The number of aliphatic carboxylic acids is 1. The predicted molar refractivity (Wildman–Crippen MR) is 85.4 cm³/mol. The fourth-order valence-electron chi connectivity index (χ4n) is 2.68. The van der Waals surface area contributed by atoms with E-state index in [4.69, 9.17) is 5.11 Å². The van der Waals surface area contributed by atoms with Crippen molar-refractivity contribution < 1.29 is 14.7 Å². The van der Waals surface area contributed by atoms with Crippen LogP contribution < -0.4 is 0 Å². The second-order valence-electron chi connectivity index (χ2n) is 5.49. The molecule has 120 valence electrons. The molecule has 1 aliphatic rings. The largest absolute Gasteiger partial charge is 0.481 e. The van der Waals surface area contributed by atoms with Gasteiger partial charge in [-0.2, -0.15) is 0 Å². The standard InChI is InChI=1S/C15H15BrN4O3/c1-9-13(14(21)19-6-5-10(8-19)15(22)23)17-18-20(9)12-4-2-3-11(16)7-12/h2-4,7,10H,5-6,8H2,1H3,(H,22,23). The zero-order chi connectivity index (χ0) is 16.6. The maximum Gasteiger partial charge on any atom is 0.308 e. The highest BCUT2D eigenvalue weighted by atomic mass is 79.9. The van der Waals surface area contributed by atoms with Gasteiger partial charge in [0.05, 0.1) is 17.3 Å². The van der Waals surface area contributed by atoms with Gasteiger partial charge in [-0.25, -0.2) is 4.68 Å². The molecule has 7 nitrogen and oxygen atoms in total. The number of benzene rings is 1. The normalized spacial score (nSPS) is 17.5. The quantitative estimate of drug-likeness (QED) is 0.880. The predicted octanol–water partition coefficient (Wildman–Crippen LogP) is 1.88. The van der Waals surface area contributed by atoms with Crippen LogP contribution in [0.2, 0.25) is 0 Å². The first-order valence-electron chi connectivity index (χ1n) is 7.17. The van der Waals surface area contributed by atoms with Crippen LogP contribution in [0.15, 0.2) is 28.7 Å². The van der Waals surface area contributed by atoms with Gasteiger partial charge in [0.1, 0.15) is 0 Å². The second kappa shape index (κ2) is 6.11. The van der Waals surface area contributed by atoms with E-state index in [0.29, 0.717) is 18.7 Å². The van der Waals surface area contributed by atoms with Crippen molar-refractivity contribution in [3.8, 4) is 5.69 Å². The van der Waals surface area contributed by atoms with E-state index in [1.165, 1.54) is 4.90 Å². The number of halogens is 1. The second-order valence-corrected chi connectivity index (χ2v) is 6.41. The summed E-state index contributed by atoms with van der Waals surface area (Å²) < 4.78 is 2.50. The highest BCUT2D eigenvalue weighted by Gasteiger charge is 2.33. The highest BCUT2D eigenvalue weighted by Crippen LogP contribution is 2.21. The van der Waals surface area contributed by atoms with Crippen molar-refractivity contribution in [3.05, 3.63) is 40.1 Å². The Morgan fingerprint density at radius 1 is 1.39 bits per heavy atom. The van der Waals surface area contributed by atoms with Crippen LogP contribution in [0.3, 0.4) is 0 Å². The molecule has 1 saturated heterocycles. The molecule has 0 spiro atoms. The van der Waals surface area contributed by atoms with E-state index in [0.717, 1.165) is 10.2 Å². The molecule has 3 rings (SSSR count). The average molecular weight is 379 g/mol. The van der Waals surface area contributed by atoms with Crippen LogP contribution in [0.1, 0.15) is 22.6 Å². The average Bonchev–Trinajstić information content (AvgIpc) is 3.13. The molecule has 1 amide bonds. The smallest absolute Gasteiger partial charge is 0.308 e. The number of carboxylic acids is 1. The van der Waals surface area contributed by atoms with Crippen LogP contribution in [0.5, 0.6) is 0 Å². The summed E-state index contributed by atoms with van der Waals surface area (Å²) in [7, 11) is 0. The van der Waals surface area contributed by atoms with E-state index in [1.807, 2.05) is 24.3 Å². The number of carbonyl (C=O) groups excluding carboxylic acids is 1. The molecule has 1 atom stereocenters. The van der Waals surface area contributed by atoms with Crippen molar-refractivity contribution in [3.63, 3.8) is 0 Å². The summed E-state index contributed by atoms with van der Waals surface area (Å²) in [5.41, 5.74) is 1.69. The lowest BCUT2D eigenvalue weighted by molar-refractivity contribution is -0.141. The zero-order valence-electron chi connectivity index (χ0n) is 12.4. The molecule has 1 aromatic heterocycles. The van der Waals surface area contributed by atoms with Gasteiger partial charge in [-0.05, 0) is 31.5 Å². The Morgan fingerprint density at radius 3 is 2.83 bits per heavy atom. The molecule has 1 N–H and O–H groups in total. The van der Waals surface area contributed by atoms with Crippen molar-refractivity contribution in [2.24, 2.45) is 5.92 Å². The summed E-state index contributed by atoms with van der Waals surface area (Å²) in [6.45, 7) is 2.43. The number of hydrogen-bond donors (Lipinski definition) is 1. The molecule has 23 heavy (non-hydrogen) atoms. The molecule has 1 aromatic carbocycles. The minimum Gasteiger partial charge on any atom is -0.481 e. The van der Waals surface area contributed by atoms with Crippen LogP contribution >= 0.6 is 15.9 Å². The third-order valence-corrected chi connectivity index (χ3v) is 4.47. The fourth-order valence-corrected chi connectivity index (χ4v) is 3.06. The summed E-state index contributed by atoms with van der Waals surface area (Å²) in [4.78, 5) is 25.1. The molecule has 0 radical (unpaired) electrons. The SMILES string of the molecule is Cc1c(C(=O)N2CCC(C(=O)O)C2)nnn1-c1cccc(Br)c1. The Bertz CT molecular complexity index is 774. The molecule has 1 fully saturated rings. The Balaban J connectivity index is 1.85. The van der Waals surface area contributed by atoms with Gasteiger partial charge in [0.2, 0.25) is 0 Å². The lowest BCUT2D eigenvalue weighted by Crippen LogP contribution is -2.30. The number of aromatic nitrogens is 3. The molecule has 0 saturated carbocycles. The van der Waals surface area contributed by atoms with Gasteiger partial charge in [-0.3, -0.25) is 9.59 Å². The fraction of sp³-hybridized carbons (Fsp3) is 0.333. The monoisotopic (exact) mass is 378 g/mol. The minimum atomic E-state index is -0.866. The number of carboxylic acid groups (broad SMARTS) is 1. The van der Waals surface area contributed by atoms with E-state index >= 15 is 0 Å². The molecule has 1 aliphatic heterocycles. The van der Waals surface area contributed by atoms with Crippen molar-refractivity contribution in [1.82, 2.24) is 19.9 Å². The molecule has 0 aliphatic carbocycles. The van der Waals surface area contributed by atoms with Crippen LogP contribution in [0, 0.1) is 12.8 Å². The lowest BCUT2D eigenvalue weighted by atomic mass is 10.1. The van der Waals surface area contributed by atoms with Gasteiger partial charge in [0.15, 0.2) is 5.69 Å². The van der Waals surface area contributed by atoms with Crippen molar-refractivity contribution in [2.75, 3.05) is 13.1 Å². The first kappa shape index (κ1) is 15.7. The third kappa shape index (κ3) is 2.98. The first-order valence-corrected chi connectivity index (χ1v) is 7.97. The molecule has 0 bridgehead atoms. The van der Waals surface area contributed by atoms with E-state index in [2.05, 4.69) is 26.2 Å². The molecule has 1 unspecified atom stereocenters. The maximum absolute atomic E-state index is 12.6. The Hall–Kier alpha value is -2.22. The Labute approximate surface area is 141 Å². The number of hydrogen-bond acceptors (Lipinski definition) is 4. The number of amides is 1. The van der Waals surface area contributed by atoms with Crippen LogP contribution in [-0.4, -0.2) is 50.0 Å². The summed E-state index contributed by atoms with van der Waals surface area (Å²) in [6, 6.07) is 7.53. The summed E-state index contributed by atoms with van der Waals surface area (Å²) in [5.74, 6) is -1.64. The van der Waals surface area contributed by atoms with E-state index in [1.54, 1.807) is 11.6 Å². The van der Waals surface area contributed by atoms with Gasteiger partial charge in [-0.1, -0.05) is 27.2 Å². The Kier molecular flexibility index (Phi) is 4.16. The van der Waals surface area contributed by atoms with E-state index in [9.17, 15) is 9.59 Å². The molecule has 2 heterocycles. The number of rotatable bonds is 3. The molecular weight excluding hydrogens is 364 g/mol. The van der Waals surface area contributed by atoms with E-state index < -0.39 is 11.9 Å². The van der Waals surface area contributed by atoms with Gasteiger partial charge in [-0.15, -0.1) is 5.10 Å². The van der Waals surface area contributed by atoms with Crippen molar-refractivity contribution in [1.29, 1.82) is 0 Å². The topological polar surface area (TPSA) is 88.3 Å². The summed E-state index contributed by atoms with van der Waals surface area (Å²) in [6.07, 6.45) is 0.472. The number of likely N-dealkylation sites (tertiary alicyclic amines) is 1. The van der Waals surface area contributed by atoms with Gasteiger partial charge >= 0.3 is 5.97 Å². The molecule has 2 aromatic rings. The lowest BCUT2D eigenvalue weighted by Gasteiger charge is -2.14. The first-order chi connectivity index (χ1) is 11.0. The molecule has 8 heteroatoms.